The summed E-state index contributed by atoms with van der Waals surface area (Å²) in [5.41, 5.74) is 0. The van der Waals surface area contributed by atoms with Gasteiger partial charge in [0.05, 0.1) is 19.8 Å². The Hall–Kier alpha value is 0.190. The molecule has 0 fully saturated rings. The minimum Gasteiger partial charge on any atom is -0.396 e. The Morgan fingerprint density at radius 2 is 2.00 bits per heavy atom. The minimum atomic E-state index is 0.299. The van der Waals surface area contributed by atoms with Gasteiger partial charge in [0.25, 0.3) is 0 Å². The van der Waals surface area contributed by atoms with E-state index in [0.717, 1.165) is 37.6 Å². The quantitative estimate of drug-likeness (QED) is 0.480. The van der Waals surface area contributed by atoms with Gasteiger partial charge in [-0.3, -0.25) is 0 Å². The Kier molecular flexibility index (Phi) is 14.4. The molecule has 0 bridgehead atoms. The number of ether oxygens (including phenoxy) is 2. The van der Waals surface area contributed by atoms with Gasteiger partial charge in [-0.15, -0.1) is 0 Å². The molecule has 0 aliphatic carbocycles. The van der Waals surface area contributed by atoms with Crippen molar-refractivity contribution in [3.8, 4) is 0 Å². The number of thioether (sulfide) groups is 1. The molecular weight excluding hydrogens is 214 g/mol. The first-order chi connectivity index (χ1) is 7.41. The fourth-order valence-corrected chi connectivity index (χ4v) is 1.75. The summed E-state index contributed by atoms with van der Waals surface area (Å²) in [6.45, 7) is 4.27. The molecule has 5 heteroatoms. The second kappa shape index (κ2) is 14.2. The number of rotatable bonds is 12. The van der Waals surface area contributed by atoms with E-state index >= 15 is 0 Å². The van der Waals surface area contributed by atoms with E-state index in [4.69, 9.17) is 14.6 Å². The smallest absolute Gasteiger partial charge is 0.0700 e. The van der Waals surface area contributed by atoms with Crippen LogP contribution >= 0.6 is 11.8 Å². The van der Waals surface area contributed by atoms with Crippen molar-refractivity contribution in [2.24, 2.45) is 0 Å². The molecule has 0 saturated heterocycles. The summed E-state index contributed by atoms with van der Waals surface area (Å²) in [4.78, 5) is 0. The van der Waals surface area contributed by atoms with Crippen LogP contribution in [-0.2, 0) is 9.47 Å². The Balaban J connectivity index is 2.81. The first-order valence-corrected chi connectivity index (χ1v) is 6.53. The van der Waals surface area contributed by atoms with Gasteiger partial charge in [0.2, 0.25) is 0 Å². The molecule has 0 radical (unpaired) electrons. The second-order valence-electron chi connectivity index (χ2n) is 3.04. The standard InChI is InChI=1S/C10H23NO3S/c1-13-7-8-14-6-3-11-4-10-15-9-2-5-12/h11-12H,2-10H2,1H3. The molecule has 0 aromatic rings. The van der Waals surface area contributed by atoms with Gasteiger partial charge in [0.1, 0.15) is 0 Å². The summed E-state index contributed by atoms with van der Waals surface area (Å²) in [5.74, 6) is 2.14. The van der Waals surface area contributed by atoms with Gasteiger partial charge < -0.3 is 19.9 Å². The van der Waals surface area contributed by atoms with Crippen LogP contribution in [0.2, 0.25) is 0 Å². The molecule has 2 N–H and O–H groups in total. The van der Waals surface area contributed by atoms with Crippen LogP contribution in [0.15, 0.2) is 0 Å². The summed E-state index contributed by atoms with van der Waals surface area (Å²) < 4.78 is 10.1. The first-order valence-electron chi connectivity index (χ1n) is 5.37. The molecule has 0 aromatic carbocycles. The lowest BCUT2D eigenvalue weighted by Crippen LogP contribution is -2.23. The fourth-order valence-electron chi connectivity index (χ4n) is 0.927. The van der Waals surface area contributed by atoms with Crippen molar-refractivity contribution in [1.82, 2.24) is 5.32 Å². The maximum Gasteiger partial charge on any atom is 0.0700 e. The van der Waals surface area contributed by atoms with Crippen LogP contribution in [0.25, 0.3) is 0 Å². The van der Waals surface area contributed by atoms with Gasteiger partial charge in [-0.05, 0) is 12.2 Å². The van der Waals surface area contributed by atoms with Gasteiger partial charge in [0.15, 0.2) is 0 Å². The average Bonchev–Trinajstić information content (AvgIpc) is 2.26. The second-order valence-corrected chi connectivity index (χ2v) is 4.27. The van der Waals surface area contributed by atoms with E-state index in [1.54, 1.807) is 7.11 Å². The van der Waals surface area contributed by atoms with Crippen LogP contribution in [0.3, 0.4) is 0 Å². The third kappa shape index (κ3) is 14.2. The molecule has 15 heavy (non-hydrogen) atoms. The van der Waals surface area contributed by atoms with E-state index in [-0.39, 0.29) is 0 Å². The Morgan fingerprint density at radius 1 is 1.13 bits per heavy atom. The molecule has 0 aromatic heterocycles. The third-order valence-corrected chi connectivity index (χ3v) is 2.80. The average molecular weight is 237 g/mol. The van der Waals surface area contributed by atoms with Crippen LogP contribution in [0, 0.1) is 0 Å². The fraction of sp³-hybridized carbons (Fsp3) is 1.00. The number of hydrogen-bond acceptors (Lipinski definition) is 5. The van der Waals surface area contributed by atoms with Gasteiger partial charge >= 0.3 is 0 Å². The Morgan fingerprint density at radius 3 is 2.73 bits per heavy atom. The van der Waals surface area contributed by atoms with Crippen LogP contribution in [0.1, 0.15) is 6.42 Å². The Labute approximate surface area is 96.7 Å². The van der Waals surface area contributed by atoms with Crippen molar-refractivity contribution < 1.29 is 14.6 Å². The van der Waals surface area contributed by atoms with Crippen molar-refractivity contribution in [3.63, 3.8) is 0 Å². The lowest BCUT2D eigenvalue weighted by Gasteiger charge is -2.05. The Bertz CT molecular complexity index is 105. The lowest BCUT2D eigenvalue weighted by molar-refractivity contribution is 0.0722. The predicted octanol–water partition coefficient (Wildman–Crippen LogP) is 0.355. The third-order valence-electron chi connectivity index (χ3n) is 1.72. The van der Waals surface area contributed by atoms with Crippen LogP contribution < -0.4 is 5.32 Å². The molecule has 0 spiro atoms. The van der Waals surface area contributed by atoms with Crippen LogP contribution in [0.5, 0.6) is 0 Å². The molecule has 92 valence electrons. The maximum atomic E-state index is 8.55. The van der Waals surface area contributed by atoms with Gasteiger partial charge in [-0.1, -0.05) is 0 Å². The largest absolute Gasteiger partial charge is 0.396 e. The van der Waals surface area contributed by atoms with E-state index in [0.29, 0.717) is 19.8 Å². The summed E-state index contributed by atoms with van der Waals surface area (Å²) >= 11 is 1.87. The molecule has 0 aliphatic heterocycles. The highest BCUT2D eigenvalue weighted by atomic mass is 32.2. The number of aliphatic hydroxyl groups is 1. The summed E-state index contributed by atoms with van der Waals surface area (Å²) in [7, 11) is 1.67. The summed E-state index contributed by atoms with van der Waals surface area (Å²) in [5, 5.41) is 11.8. The molecular formula is C10H23NO3S. The van der Waals surface area contributed by atoms with E-state index < -0.39 is 0 Å². The maximum absolute atomic E-state index is 8.55. The van der Waals surface area contributed by atoms with Crippen molar-refractivity contribution in [2.75, 3.05) is 58.1 Å². The van der Waals surface area contributed by atoms with Crippen LogP contribution in [0.4, 0.5) is 0 Å². The summed E-state index contributed by atoms with van der Waals surface area (Å²) in [6, 6.07) is 0. The van der Waals surface area contributed by atoms with Crippen LogP contribution in [-0.4, -0.2) is 63.2 Å². The first kappa shape index (κ1) is 15.2. The molecule has 0 saturated carbocycles. The number of nitrogens with one attached hydrogen (secondary N) is 1. The van der Waals surface area contributed by atoms with Crippen molar-refractivity contribution >= 4 is 11.8 Å². The SMILES string of the molecule is COCCOCCNCCSCCCO. The highest BCUT2D eigenvalue weighted by molar-refractivity contribution is 7.99. The molecule has 0 rings (SSSR count). The number of hydrogen-bond donors (Lipinski definition) is 2. The lowest BCUT2D eigenvalue weighted by atomic mass is 10.5. The topological polar surface area (TPSA) is 50.7 Å². The molecule has 0 heterocycles. The molecule has 0 atom stereocenters. The number of methoxy groups -OCH3 is 1. The molecule has 4 nitrogen and oxygen atoms in total. The zero-order chi connectivity index (χ0) is 11.2. The zero-order valence-electron chi connectivity index (χ0n) is 9.54. The summed E-state index contributed by atoms with van der Waals surface area (Å²) in [6.07, 6.45) is 0.894. The monoisotopic (exact) mass is 237 g/mol. The highest BCUT2D eigenvalue weighted by Crippen LogP contribution is 1.99. The van der Waals surface area contributed by atoms with Gasteiger partial charge in [0, 0.05) is 32.6 Å². The van der Waals surface area contributed by atoms with E-state index in [1.165, 1.54) is 0 Å². The van der Waals surface area contributed by atoms with Gasteiger partial charge in [-0.2, -0.15) is 11.8 Å². The minimum absolute atomic E-state index is 0.299. The van der Waals surface area contributed by atoms with E-state index in [1.807, 2.05) is 11.8 Å². The molecule has 0 aliphatic rings. The predicted molar refractivity (Wildman–Crippen MR) is 64.6 cm³/mol. The molecule has 0 amide bonds. The highest BCUT2D eigenvalue weighted by Gasteiger charge is 1.90. The van der Waals surface area contributed by atoms with Crippen molar-refractivity contribution in [3.05, 3.63) is 0 Å². The molecule has 0 unspecified atom stereocenters. The van der Waals surface area contributed by atoms with E-state index in [9.17, 15) is 0 Å². The number of aliphatic hydroxyl groups excluding tert-OH is 1. The van der Waals surface area contributed by atoms with Crippen molar-refractivity contribution in [1.29, 1.82) is 0 Å². The van der Waals surface area contributed by atoms with Gasteiger partial charge in [-0.25, -0.2) is 0 Å². The van der Waals surface area contributed by atoms with E-state index in [2.05, 4.69) is 5.32 Å². The normalized spacial score (nSPS) is 10.8. The zero-order valence-corrected chi connectivity index (χ0v) is 10.4. The van der Waals surface area contributed by atoms with Crippen molar-refractivity contribution in [2.45, 2.75) is 6.42 Å².